The van der Waals surface area contributed by atoms with Crippen molar-refractivity contribution in [1.82, 2.24) is 14.7 Å². The van der Waals surface area contributed by atoms with Crippen molar-refractivity contribution < 1.29 is 14.6 Å². The van der Waals surface area contributed by atoms with Crippen LogP contribution in [0, 0.1) is 5.82 Å². The van der Waals surface area contributed by atoms with Gasteiger partial charge in [0, 0.05) is 29.9 Å². The van der Waals surface area contributed by atoms with Crippen molar-refractivity contribution in [3.8, 4) is 0 Å². The number of aliphatic hydroxyl groups is 2. The second kappa shape index (κ2) is 7.88. The second-order valence-corrected chi connectivity index (χ2v) is 6.32. The molecule has 0 spiro atoms. The van der Waals surface area contributed by atoms with Gasteiger partial charge >= 0.3 is 0 Å². The highest BCUT2D eigenvalue weighted by molar-refractivity contribution is 5.20. The molecule has 3 rings (SSSR count). The zero-order chi connectivity index (χ0) is 16.9. The molecule has 130 valence electrons. The lowest BCUT2D eigenvalue weighted by Gasteiger charge is -2.33. The van der Waals surface area contributed by atoms with Crippen molar-refractivity contribution in [2.75, 3.05) is 26.2 Å². The van der Waals surface area contributed by atoms with Crippen molar-refractivity contribution in [1.29, 1.82) is 0 Å². The van der Waals surface area contributed by atoms with Gasteiger partial charge in [-0.3, -0.25) is 4.68 Å². The SMILES string of the molecule is OCCn1nccc1C1CCN(C[C@H](O)c2ccccc2F)CC1. The summed E-state index contributed by atoms with van der Waals surface area (Å²) in [6.07, 6.45) is 2.92. The van der Waals surface area contributed by atoms with E-state index < -0.39 is 6.10 Å². The first-order valence-electron chi connectivity index (χ1n) is 8.46. The Morgan fingerprint density at radius 3 is 2.67 bits per heavy atom. The summed E-state index contributed by atoms with van der Waals surface area (Å²) in [5.74, 6) is 0.0636. The molecule has 1 aliphatic heterocycles. The average Bonchev–Trinajstić information content (AvgIpc) is 3.04. The van der Waals surface area contributed by atoms with E-state index in [1.54, 1.807) is 24.4 Å². The summed E-state index contributed by atoms with van der Waals surface area (Å²) in [7, 11) is 0. The summed E-state index contributed by atoms with van der Waals surface area (Å²) in [5.41, 5.74) is 1.53. The van der Waals surface area contributed by atoms with Crippen LogP contribution in [0.3, 0.4) is 0 Å². The fraction of sp³-hybridized carbons (Fsp3) is 0.500. The number of β-amino-alcohol motifs (C(OH)–C–C–N with tert-alkyl or cyclic N) is 1. The van der Waals surface area contributed by atoms with Crippen LogP contribution in [0.25, 0.3) is 0 Å². The van der Waals surface area contributed by atoms with Gasteiger partial charge in [0.25, 0.3) is 0 Å². The van der Waals surface area contributed by atoms with Gasteiger partial charge < -0.3 is 15.1 Å². The minimum Gasteiger partial charge on any atom is -0.394 e. The molecule has 1 saturated heterocycles. The molecule has 0 unspecified atom stereocenters. The molecule has 0 saturated carbocycles. The normalized spacial score (nSPS) is 18.0. The molecule has 0 aliphatic carbocycles. The summed E-state index contributed by atoms with van der Waals surface area (Å²) < 4.78 is 15.6. The van der Waals surface area contributed by atoms with Crippen LogP contribution in [-0.4, -0.2) is 51.1 Å². The Morgan fingerprint density at radius 2 is 1.96 bits per heavy atom. The number of rotatable bonds is 6. The van der Waals surface area contributed by atoms with E-state index in [4.69, 9.17) is 5.11 Å². The first-order chi connectivity index (χ1) is 11.7. The number of nitrogens with zero attached hydrogens (tertiary/aromatic N) is 3. The van der Waals surface area contributed by atoms with Gasteiger partial charge in [0.2, 0.25) is 0 Å². The number of hydrogen-bond donors (Lipinski definition) is 2. The van der Waals surface area contributed by atoms with E-state index in [0.717, 1.165) is 25.9 Å². The first kappa shape index (κ1) is 17.1. The molecule has 2 heterocycles. The van der Waals surface area contributed by atoms with Gasteiger partial charge in [0.1, 0.15) is 5.82 Å². The first-order valence-corrected chi connectivity index (χ1v) is 8.46. The predicted octanol–water partition coefficient (Wildman–Crippen LogP) is 1.93. The van der Waals surface area contributed by atoms with Crippen LogP contribution in [0.15, 0.2) is 36.5 Å². The van der Waals surface area contributed by atoms with Crippen molar-refractivity contribution in [2.24, 2.45) is 0 Å². The molecular formula is C18H24FN3O2. The smallest absolute Gasteiger partial charge is 0.129 e. The lowest BCUT2D eigenvalue weighted by Crippen LogP contribution is -2.36. The van der Waals surface area contributed by atoms with Crippen LogP contribution >= 0.6 is 0 Å². The van der Waals surface area contributed by atoms with Crippen LogP contribution < -0.4 is 0 Å². The topological polar surface area (TPSA) is 61.5 Å². The van der Waals surface area contributed by atoms with Crippen molar-refractivity contribution >= 4 is 0 Å². The van der Waals surface area contributed by atoms with Crippen LogP contribution in [0.5, 0.6) is 0 Å². The van der Waals surface area contributed by atoms with Crippen LogP contribution in [-0.2, 0) is 6.54 Å². The van der Waals surface area contributed by atoms with E-state index in [1.807, 2.05) is 10.7 Å². The molecule has 0 bridgehead atoms. The third kappa shape index (κ3) is 3.83. The molecule has 1 aromatic carbocycles. The maximum atomic E-state index is 13.8. The average molecular weight is 333 g/mol. The van der Waals surface area contributed by atoms with Crippen molar-refractivity contribution in [3.63, 3.8) is 0 Å². The summed E-state index contributed by atoms with van der Waals surface area (Å²) in [6.45, 7) is 2.78. The Balaban J connectivity index is 1.55. The van der Waals surface area contributed by atoms with E-state index >= 15 is 0 Å². The van der Waals surface area contributed by atoms with E-state index in [1.165, 1.54) is 11.8 Å². The molecular weight excluding hydrogens is 309 g/mol. The van der Waals surface area contributed by atoms with Crippen LogP contribution in [0.1, 0.15) is 36.1 Å². The molecule has 0 amide bonds. The number of piperidine rings is 1. The zero-order valence-corrected chi connectivity index (χ0v) is 13.7. The number of likely N-dealkylation sites (tertiary alicyclic amines) is 1. The standard InChI is InChI=1S/C18H24FN3O2/c19-16-4-2-1-3-15(16)18(24)13-21-9-6-14(7-10-21)17-5-8-20-22(17)11-12-23/h1-5,8,14,18,23-24H,6-7,9-13H2/t18-/m0/s1. The minimum atomic E-state index is -0.803. The van der Waals surface area contributed by atoms with Gasteiger partial charge in [-0.1, -0.05) is 18.2 Å². The highest BCUT2D eigenvalue weighted by Gasteiger charge is 2.25. The predicted molar refractivity (Wildman–Crippen MR) is 89.1 cm³/mol. The number of halogens is 1. The van der Waals surface area contributed by atoms with E-state index in [-0.39, 0.29) is 12.4 Å². The number of aromatic nitrogens is 2. The summed E-state index contributed by atoms with van der Waals surface area (Å²) in [5, 5.41) is 23.7. The van der Waals surface area contributed by atoms with E-state index in [0.29, 0.717) is 24.6 Å². The third-order valence-corrected chi connectivity index (χ3v) is 4.76. The Labute approximate surface area is 141 Å². The van der Waals surface area contributed by atoms with Crippen LogP contribution in [0.2, 0.25) is 0 Å². The molecule has 1 aromatic heterocycles. The largest absolute Gasteiger partial charge is 0.394 e. The van der Waals surface area contributed by atoms with Crippen molar-refractivity contribution in [3.05, 3.63) is 53.6 Å². The molecule has 2 N–H and O–H groups in total. The number of hydrogen-bond acceptors (Lipinski definition) is 4. The molecule has 24 heavy (non-hydrogen) atoms. The van der Waals surface area contributed by atoms with Gasteiger partial charge in [-0.2, -0.15) is 5.10 Å². The van der Waals surface area contributed by atoms with Crippen molar-refractivity contribution in [2.45, 2.75) is 31.4 Å². The molecule has 5 nitrogen and oxygen atoms in total. The maximum absolute atomic E-state index is 13.8. The highest BCUT2D eigenvalue weighted by Crippen LogP contribution is 2.29. The molecule has 6 heteroatoms. The molecule has 1 fully saturated rings. The maximum Gasteiger partial charge on any atom is 0.129 e. The molecule has 2 aromatic rings. The fourth-order valence-electron chi connectivity index (χ4n) is 3.47. The highest BCUT2D eigenvalue weighted by atomic mass is 19.1. The second-order valence-electron chi connectivity index (χ2n) is 6.32. The lowest BCUT2D eigenvalue weighted by atomic mass is 9.93. The fourth-order valence-corrected chi connectivity index (χ4v) is 3.47. The Bertz CT molecular complexity index is 653. The lowest BCUT2D eigenvalue weighted by molar-refractivity contribution is 0.0939. The Hall–Kier alpha value is -1.76. The van der Waals surface area contributed by atoms with Gasteiger partial charge in [0.15, 0.2) is 0 Å². The zero-order valence-electron chi connectivity index (χ0n) is 13.7. The summed E-state index contributed by atoms with van der Waals surface area (Å²) >= 11 is 0. The number of benzene rings is 1. The van der Waals surface area contributed by atoms with Crippen LogP contribution in [0.4, 0.5) is 4.39 Å². The summed E-state index contributed by atoms with van der Waals surface area (Å²) in [6, 6.07) is 8.42. The van der Waals surface area contributed by atoms with Gasteiger partial charge in [0.05, 0.1) is 19.3 Å². The molecule has 0 radical (unpaired) electrons. The van der Waals surface area contributed by atoms with Gasteiger partial charge in [-0.05, 0) is 38.1 Å². The number of aliphatic hydroxyl groups excluding tert-OH is 2. The van der Waals surface area contributed by atoms with E-state index in [2.05, 4.69) is 10.00 Å². The third-order valence-electron chi connectivity index (χ3n) is 4.76. The minimum absolute atomic E-state index is 0.0857. The van der Waals surface area contributed by atoms with Gasteiger partial charge in [-0.15, -0.1) is 0 Å². The monoisotopic (exact) mass is 333 g/mol. The van der Waals surface area contributed by atoms with E-state index in [9.17, 15) is 9.50 Å². The quantitative estimate of drug-likeness (QED) is 0.848. The van der Waals surface area contributed by atoms with Gasteiger partial charge in [-0.25, -0.2) is 4.39 Å². The Kier molecular flexibility index (Phi) is 5.60. The Morgan fingerprint density at radius 1 is 1.21 bits per heavy atom. The molecule has 1 aliphatic rings. The summed E-state index contributed by atoms with van der Waals surface area (Å²) in [4.78, 5) is 2.18. The molecule has 1 atom stereocenters.